The van der Waals surface area contributed by atoms with E-state index in [-0.39, 0.29) is 6.10 Å². The van der Waals surface area contributed by atoms with E-state index >= 15 is 0 Å². The molecular weight excluding hydrogens is 324 g/mol. The maximum absolute atomic E-state index is 6.03. The van der Waals surface area contributed by atoms with Gasteiger partial charge in [-0.2, -0.15) is 0 Å². The number of guanidine groups is 1. The highest BCUT2D eigenvalue weighted by molar-refractivity contribution is 5.80. The molecule has 0 aromatic heterocycles. The van der Waals surface area contributed by atoms with Gasteiger partial charge >= 0.3 is 0 Å². The van der Waals surface area contributed by atoms with Crippen LogP contribution >= 0.6 is 0 Å². The summed E-state index contributed by atoms with van der Waals surface area (Å²) in [6.07, 6.45) is 5.02. The van der Waals surface area contributed by atoms with Crippen LogP contribution in [0.1, 0.15) is 45.1 Å². The second-order valence-electron chi connectivity index (χ2n) is 7.26. The van der Waals surface area contributed by atoms with Crippen LogP contribution in [-0.4, -0.2) is 56.2 Å². The molecule has 1 aliphatic heterocycles. The first-order valence-corrected chi connectivity index (χ1v) is 10.0. The topological polar surface area (TPSA) is 48.9 Å². The number of likely N-dealkylation sites (tertiary alicyclic amines) is 1. The monoisotopic (exact) mass is 360 g/mol. The Morgan fingerprint density at radius 3 is 2.69 bits per heavy atom. The molecule has 0 amide bonds. The fourth-order valence-electron chi connectivity index (χ4n) is 3.26. The van der Waals surface area contributed by atoms with Gasteiger partial charge in [-0.05, 0) is 51.3 Å². The predicted octanol–water partition coefficient (Wildman–Crippen LogP) is 3.19. The lowest BCUT2D eigenvalue weighted by Crippen LogP contribution is -2.50. The Bertz CT molecular complexity index is 553. The number of hydrogen-bond acceptors (Lipinski definition) is 3. The number of rotatable bonds is 8. The summed E-state index contributed by atoms with van der Waals surface area (Å²) in [5.41, 5.74) is 1.16. The first-order chi connectivity index (χ1) is 12.6. The first-order valence-electron chi connectivity index (χ1n) is 10.0. The summed E-state index contributed by atoms with van der Waals surface area (Å²) in [6, 6.07) is 8.64. The van der Waals surface area contributed by atoms with E-state index < -0.39 is 0 Å². The zero-order chi connectivity index (χ0) is 18.8. The average molecular weight is 361 g/mol. The highest BCUT2D eigenvalue weighted by Crippen LogP contribution is 2.17. The van der Waals surface area contributed by atoms with E-state index in [9.17, 15) is 0 Å². The number of piperidine rings is 1. The standard InChI is InChI=1S/C21H36N4O/c1-5-6-13-25-14-11-19(12-15-25)24-21(22-4)23-16-18(3)26-20-10-8-7-9-17(20)2/h7-10,18-19H,5-6,11-16H2,1-4H3,(H2,22,23,24). The first kappa shape index (κ1) is 20.6. The lowest BCUT2D eigenvalue weighted by atomic mass is 10.0. The van der Waals surface area contributed by atoms with Crippen molar-refractivity contribution in [2.75, 3.05) is 33.2 Å². The summed E-state index contributed by atoms with van der Waals surface area (Å²) in [6.45, 7) is 10.7. The third-order valence-corrected chi connectivity index (χ3v) is 4.96. The molecule has 5 nitrogen and oxygen atoms in total. The normalized spacial score (nSPS) is 17.8. The second-order valence-corrected chi connectivity index (χ2v) is 7.26. The Balaban J connectivity index is 1.70. The van der Waals surface area contributed by atoms with E-state index in [1.807, 2.05) is 25.2 Å². The molecule has 1 aromatic carbocycles. The zero-order valence-corrected chi connectivity index (χ0v) is 16.9. The maximum atomic E-state index is 6.03. The molecule has 0 saturated carbocycles. The van der Waals surface area contributed by atoms with Crippen molar-refractivity contribution in [1.29, 1.82) is 0 Å². The van der Waals surface area contributed by atoms with Gasteiger partial charge in [0.15, 0.2) is 5.96 Å². The fraction of sp³-hybridized carbons (Fsp3) is 0.667. The van der Waals surface area contributed by atoms with Crippen LogP contribution in [0, 0.1) is 6.92 Å². The molecule has 2 rings (SSSR count). The summed E-state index contributed by atoms with van der Waals surface area (Å²) < 4.78 is 6.03. The summed E-state index contributed by atoms with van der Waals surface area (Å²) in [4.78, 5) is 6.95. The number of ether oxygens (including phenoxy) is 1. The van der Waals surface area contributed by atoms with Crippen molar-refractivity contribution >= 4 is 5.96 Å². The van der Waals surface area contributed by atoms with E-state index in [1.54, 1.807) is 0 Å². The number of aryl methyl sites for hydroxylation is 1. The molecule has 1 unspecified atom stereocenters. The van der Waals surface area contributed by atoms with Crippen molar-refractivity contribution in [2.24, 2.45) is 4.99 Å². The summed E-state index contributed by atoms with van der Waals surface area (Å²) in [5.74, 6) is 1.82. The van der Waals surface area contributed by atoms with Gasteiger partial charge in [0.1, 0.15) is 11.9 Å². The second kappa shape index (κ2) is 11.1. The number of unbranched alkanes of at least 4 members (excludes halogenated alkanes) is 1. The average Bonchev–Trinajstić information content (AvgIpc) is 2.66. The SMILES string of the molecule is CCCCN1CCC(NC(=NC)NCC(C)Oc2ccccc2C)CC1. The van der Waals surface area contributed by atoms with E-state index in [2.05, 4.69) is 47.4 Å². The van der Waals surface area contributed by atoms with Crippen molar-refractivity contribution in [3.8, 4) is 5.75 Å². The van der Waals surface area contributed by atoms with Gasteiger partial charge in [-0.1, -0.05) is 31.5 Å². The third-order valence-electron chi connectivity index (χ3n) is 4.96. The summed E-state index contributed by atoms with van der Waals surface area (Å²) in [7, 11) is 1.83. The number of para-hydroxylation sites is 1. The van der Waals surface area contributed by atoms with E-state index in [0.29, 0.717) is 6.04 Å². The third kappa shape index (κ3) is 6.87. The largest absolute Gasteiger partial charge is 0.489 e. The Hall–Kier alpha value is -1.75. The lowest BCUT2D eigenvalue weighted by molar-refractivity contribution is 0.202. The minimum absolute atomic E-state index is 0.0746. The molecule has 5 heteroatoms. The Morgan fingerprint density at radius 2 is 2.04 bits per heavy atom. The molecule has 146 valence electrons. The molecule has 2 N–H and O–H groups in total. The van der Waals surface area contributed by atoms with Gasteiger partial charge in [-0.15, -0.1) is 0 Å². The molecule has 0 spiro atoms. The summed E-state index contributed by atoms with van der Waals surface area (Å²) >= 11 is 0. The van der Waals surface area contributed by atoms with Crippen molar-refractivity contribution in [2.45, 2.75) is 58.6 Å². The van der Waals surface area contributed by atoms with Crippen LogP contribution in [0.15, 0.2) is 29.3 Å². The highest BCUT2D eigenvalue weighted by Gasteiger charge is 2.19. The molecule has 0 bridgehead atoms. The predicted molar refractivity (Wildman–Crippen MR) is 110 cm³/mol. The van der Waals surface area contributed by atoms with Gasteiger partial charge < -0.3 is 20.3 Å². The highest BCUT2D eigenvalue weighted by atomic mass is 16.5. The fourth-order valence-corrected chi connectivity index (χ4v) is 3.26. The zero-order valence-electron chi connectivity index (χ0n) is 16.9. The van der Waals surface area contributed by atoms with Crippen molar-refractivity contribution in [1.82, 2.24) is 15.5 Å². The van der Waals surface area contributed by atoms with E-state index in [1.165, 1.54) is 45.3 Å². The van der Waals surface area contributed by atoms with Gasteiger partial charge in [0, 0.05) is 26.2 Å². The Labute approximate surface area is 159 Å². The van der Waals surface area contributed by atoms with Crippen LogP contribution in [0.25, 0.3) is 0 Å². The lowest BCUT2D eigenvalue weighted by Gasteiger charge is -2.33. The molecule has 1 aromatic rings. The number of nitrogens with zero attached hydrogens (tertiary/aromatic N) is 2. The van der Waals surface area contributed by atoms with Crippen LogP contribution < -0.4 is 15.4 Å². The number of benzene rings is 1. The van der Waals surface area contributed by atoms with Gasteiger partial charge in [0.05, 0.1) is 6.54 Å². The quantitative estimate of drug-likeness (QED) is 0.552. The number of nitrogens with one attached hydrogen (secondary N) is 2. The van der Waals surface area contributed by atoms with Gasteiger partial charge in [-0.3, -0.25) is 4.99 Å². The smallest absolute Gasteiger partial charge is 0.191 e. The molecule has 1 fully saturated rings. The van der Waals surface area contributed by atoms with Crippen molar-refractivity contribution < 1.29 is 4.74 Å². The maximum Gasteiger partial charge on any atom is 0.191 e. The minimum atomic E-state index is 0.0746. The molecular formula is C21H36N4O. The minimum Gasteiger partial charge on any atom is -0.489 e. The number of aliphatic imine (C=N–C) groups is 1. The Kier molecular flexibility index (Phi) is 8.75. The van der Waals surface area contributed by atoms with Crippen molar-refractivity contribution in [3.05, 3.63) is 29.8 Å². The molecule has 0 radical (unpaired) electrons. The van der Waals surface area contributed by atoms with Crippen LogP contribution in [0.3, 0.4) is 0 Å². The Morgan fingerprint density at radius 1 is 1.31 bits per heavy atom. The van der Waals surface area contributed by atoms with Crippen LogP contribution in [0.4, 0.5) is 0 Å². The molecule has 1 saturated heterocycles. The number of hydrogen-bond donors (Lipinski definition) is 2. The molecule has 1 aliphatic rings. The van der Waals surface area contributed by atoms with Crippen LogP contribution in [0.5, 0.6) is 5.75 Å². The van der Waals surface area contributed by atoms with Crippen molar-refractivity contribution in [3.63, 3.8) is 0 Å². The van der Waals surface area contributed by atoms with Gasteiger partial charge in [0.25, 0.3) is 0 Å². The molecule has 0 aliphatic carbocycles. The summed E-state index contributed by atoms with van der Waals surface area (Å²) in [5, 5.41) is 6.97. The molecule has 26 heavy (non-hydrogen) atoms. The van der Waals surface area contributed by atoms with E-state index in [4.69, 9.17) is 4.74 Å². The van der Waals surface area contributed by atoms with Gasteiger partial charge in [-0.25, -0.2) is 0 Å². The molecule has 1 atom stereocenters. The van der Waals surface area contributed by atoms with E-state index in [0.717, 1.165) is 23.8 Å². The van der Waals surface area contributed by atoms with Crippen LogP contribution in [-0.2, 0) is 0 Å². The van der Waals surface area contributed by atoms with Gasteiger partial charge in [0.2, 0.25) is 0 Å². The molecule has 1 heterocycles. The van der Waals surface area contributed by atoms with Crippen LogP contribution in [0.2, 0.25) is 0 Å².